The SMILES string of the molecule is C[Si](C)(C)CC[C@H](c1ccc(C(F)(F)F)cc1)N1CC[CH]C[C@H]1c1ccc(C(F)(F)F)cc1. The zero-order chi connectivity index (χ0) is 24.4. The Kier molecular flexibility index (Phi) is 7.68. The Morgan fingerprint density at radius 1 is 0.848 bits per heavy atom. The molecule has 0 N–H and O–H groups in total. The van der Waals surface area contributed by atoms with Gasteiger partial charge in [-0.15, -0.1) is 0 Å². The lowest BCUT2D eigenvalue weighted by atomic mass is 9.90. The van der Waals surface area contributed by atoms with Crippen molar-refractivity contribution >= 4 is 8.07 Å². The summed E-state index contributed by atoms with van der Waals surface area (Å²) in [5, 5.41) is 0. The molecule has 2 aromatic carbocycles. The minimum atomic E-state index is -4.39. The molecule has 2 atom stereocenters. The molecule has 0 spiro atoms. The van der Waals surface area contributed by atoms with Crippen molar-refractivity contribution < 1.29 is 26.3 Å². The molecule has 0 unspecified atom stereocenters. The fourth-order valence-electron chi connectivity index (χ4n) is 4.39. The Labute approximate surface area is 192 Å². The molecule has 1 heterocycles. The van der Waals surface area contributed by atoms with Crippen LogP contribution >= 0.6 is 0 Å². The Morgan fingerprint density at radius 3 is 1.85 bits per heavy atom. The highest BCUT2D eigenvalue weighted by Gasteiger charge is 2.35. The van der Waals surface area contributed by atoms with Crippen molar-refractivity contribution in [2.24, 2.45) is 0 Å². The average Bonchev–Trinajstić information content (AvgIpc) is 2.73. The molecule has 0 saturated carbocycles. The van der Waals surface area contributed by atoms with Crippen molar-refractivity contribution in [3.05, 3.63) is 77.2 Å². The highest BCUT2D eigenvalue weighted by atomic mass is 28.3. The average molecular weight is 487 g/mol. The molecule has 3 rings (SSSR count). The van der Waals surface area contributed by atoms with Gasteiger partial charge in [-0.1, -0.05) is 50.0 Å². The molecule has 0 bridgehead atoms. The molecule has 1 aliphatic rings. The standard InChI is InChI=1S/C25H30F6NSi/c1-33(2,3)17-15-23(19-9-13-21(14-10-19)25(29,30)31)32-16-5-4-6-22(32)18-7-11-20(12-8-18)24(26,27)28/h4,7-14,22-23H,5-6,15-17H2,1-3H3/t22-,23+/m0/s1. The van der Waals surface area contributed by atoms with Crippen LogP contribution in [0.3, 0.4) is 0 Å². The zero-order valence-corrected chi connectivity index (χ0v) is 20.1. The van der Waals surface area contributed by atoms with Crippen molar-refractivity contribution in [3.63, 3.8) is 0 Å². The number of piperidine rings is 1. The van der Waals surface area contributed by atoms with Crippen LogP contribution in [0.25, 0.3) is 0 Å². The van der Waals surface area contributed by atoms with Gasteiger partial charge in [0.15, 0.2) is 0 Å². The third-order valence-electron chi connectivity index (χ3n) is 6.20. The maximum atomic E-state index is 13.1. The summed E-state index contributed by atoms with van der Waals surface area (Å²) in [4.78, 5) is 2.27. The molecule has 33 heavy (non-hydrogen) atoms. The van der Waals surface area contributed by atoms with Gasteiger partial charge in [-0.05, 0) is 67.6 Å². The van der Waals surface area contributed by atoms with Crippen LogP contribution in [0.2, 0.25) is 25.7 Å². The van der Waals surface area contributed by atoms with E-state index in [0.29, 0.717) is 13.0 Å². The highest BCUT2D eigenvalue weighted by molar-refractivity contribution is 6.76. The second-order valence-electron chi connectivity index (χ2n) is 9.92. The van der Waals surface area contributed by atoms with Gasteiger partial charge in [0.1, 0.15) is 0 Å². The summed E-state index contributed by atoms with van der Waals surface area (Å²) in [6.07, 6.45) is -4.32. The van der Waals surface area contributed by atoms with E-state index in [9.17, 15) is 26.3 Å². The number of hydrogen-bond acceptors (Lipinski definition) is 1. The van der Waals surface area contributed by atoms with Crippen LogP contribution in [-0.4, -0.2) is 19.5 Å². The Bertz CT molecular complexity index is 897. The predicted octanol–water partition coefficient (Wildman–Crippen LogP) is 8.53. The number of halogens is 6. The molecule has 0 amide bonds. The van der Waals surface area contributed by atoms with E-state index in [0.717, 1.165) is 54.3 Å². The Hall–Kier alpha value is -1.80. The second-order valence-corrected chi connectivity index (χ2v) is 15.5. The Balaban J connectivity index is 1.94. The fourth-order valence-corrected chi connectivity index (χ4v) is 5.53. The van der Waals surface area contributed by atoms with E-state index in [1.807, 2.05) is 0 Å². The van der Waals surface area contributed by atoms with E-state index in [1.54, 1.807) is 12.1 Å². The lowest BCUT2D eigenvalue weighted by molar-refractivity contribution is -0.138. The molecule has 2 aromatic rings. The minimum absolute atomic E-state index is 0.0972. The van der Waals surface area contributed by atoms with Gasteiger partial charge in [-0.3, -0.25) is 4.90 Å². The number of benzene rings is 2. The maximum absolute atomic E-state index is 13.1. The summed E-state index contributed by atoms with van der Waals surface area (Å²) in [5.74, 6) is 0. The molecule has 1 nitrogen and oxygen atoms in total. The van der Waals surface area contributed by atoms with E-state index < -0.39 is 31.6 Å². The molecule has 1 radical (unpaired) electrons. The molecule has 1 fully saturated rings. The van der Waals surface area contributed by atoms with Crippen molar-refractivity contribution in [2.45, 2.75) is 69.4 Å². The Morgan fingerprint density at radius 2 is 1.36 bits per heavy atom. The predicted molar refractivity (Wildman–Crippen MR) is 121 cm³/mol. The van der Waals surface area contributed by atoms with Crippen molar-refractivity contribution in [2.75, 3.05) is 6.54 Å². The molecule has 1 aliphatic heterocycles. The second kappa shape index (κ2) is 9.82. The molecular formula is C25H30F6NSi. The van der Waals surface area contributed by atoms with E-state index in [2.05, 4.69) is 31.0 Å². The number of hydrogen-bond donors (Lipinski definition) is 0. The smallest absolute Gasteiger partial charge is 0.289 e. The van der Waals surface area contributed by atoms with Gasteiger partial charge in [0, 0.05) is 20.2 Å². The number of alkyl halides is 6. The quantitative estimate of drug-likeness (QED) is 0.292. The molecule has 8 heteroatoms. The highest BCUT2D eigenvalue weighted by Crippen LogP contribution is 2.41. The zero-order valence-electron chi connectivity index (χ0n) is 19.1. The lowest BCUT2D eigenvalue weighted by Gasteiger charge is -2.42. The summed E-state index contributed by atoms with van der Waals surface area (Å²) >= 11 is 0. The minimum Gasteiger partial charge on any atom is -0.289 e. The van der Waals surface area contributed by atoms with Crippen LogP contribution < -0.4 is 0 Å². The summed E-state index contributed by atoms with van der Waals surface area (Å²) < 4.78 is 78.3. The molecule has 181 valence electrons. The first-order valence-corrected chi connectivity index (χ1v) is 14.9. The molecule has 0 aromatic heterocycles. The summed E-state index contributed by atoms with van der Waals surface area (Å²) in [5.41, 5.74) is 0.251. The first-order valence-electron chi connectivity index (χ1n) is 11.2. The maximum Gasteiger partial charge on any atom is 0.416 e. The normalized spacial score (nSPS) is 19.5. The van der Waals surface area contributed by atoms with Gasteiger partial charge in [-0.2, -0.15) is 26.3 Å². The largest absolute Gasteiger partial charge is 0.416 e. The van der Waals surface area contributed by atoms with Gasteiger partial charge in [0.2, 0.25) is 0 Å². The monoisotopic (exact) mass is 486 g/mol. The fraction of sp³-hybridized carbons (Fsp3) is 0.480. The number of rotatable bonds is 6. The summed E-state index contributed by atoms with van der Waals surface area (Å²) in [6, 6.07) is 11.4. The summed E-state index contributed by atoms with van der Waals surface area (Å²) in [7, 11) is -1.43. The van der Waals surface area contributed by atoms with E-state index >= 15 is 0 Å². The van der Waals surface area contributed by atoms with Gasteiger partial charge in [-0.25, -0.2) is 0 Å². The van der Waals surface area contributed by atoms with Crippen molar-refractivity contribution in [1.82, 2.24) is 4.90 Å². The van der Waals surface area contributed by atoms with Crippen LogP contribution in [0.1, 0.15) is 53.6 Å². The first-order chi connectivity index (χ1) is 15.3. The van der Waals surface area contributed by atoms with E-state index in [-0.39, 0.29) is 12.1 Å². The van der Waals surface area contributed by atoms with Crippen molar-refractivity contribution in [1.29, 1.82) is 0 Å². The third kappa shape index (κ3) is 6.85. The van der Waals surface area contributed by atoms with Crippen LogP contribution in [0, 0.1) is 6.42 Å². The lowest BCUT2D eigenvalue weighted by Crippen LogP contribution is -2.38. The first kappa shape index (κ1) is 25.8. The topological polar surface area (TPSA) is 3.24 Å². The molecule has 0 aliphatic carbocycles. The van der Waals surface area contributed by atoms with Crippen LogP contribution in [0.5, 0.6) is 0 Å². The van der Waals surface area contributed by atoms with E-state index in [4.69, 9.17) is 0 Å². The third-order valence-corrected chi connectivity index (χ3v) is 7.98. The van der Waals surface area contributed by atoms with Crippen LogP contribution in [0.4, 0.5) is 26.3 Å². The van der Waals surface area contributed by atoms with Gasteiger partial charge >= 0.3 is 12.4 Å². The van der Waals surface area contributed by atoms with Crippen LogP contribution in [0.15, 0.2) is 48.5 Å². The van der Waals surface area contributed by atoms with Gasteiger partial charge in [0.05, 0.1) is 11.1 Å². The van der Waals surface area contributed by atoms with Gasteiger partial charge in [0.25, 0.3) is 0 Å². The molecular weight excluding hydrogens is 456 g/mol. The van der Waals surface area contributed by atoms with Gasteiger partial charge < -0.3 is 0 Å². The van der Waals surface area contributed by atoms with E-state index in [1.165, 1.54) is 12.1 Å². The van der Waals surface area contributed by atoms with Crippen molar-refractivity contribution in [3.8, 4) is 0 Å². The number of likely N-dealkylation sites (tertiary alicyclic amines) is 1. The summed E-state index contributed by atoms with van der Waals surface area (Å²) in [6.45, 7) is 7.49. The molecule has 1 saturated heterocycles. The number of nitrogens with zero attached hydrogens (tertiary/aromatic N) is 1. The van der Waals surface area contributed by atoms with Crippen LogP contribution in [-0.2, 0) is 12.4 Å².